The van der Waals surface area contributed by atoms with Crippen molar-refractivity contribution in [3.63, 3.8) is 0 Å². The van der Waals surface area contributed by atoms with E-state index in [0.717, 1.165) is 34.0 Å². The summed E-state index contributed by atoms with van der Waals surface area (Å²) in [5, 5.41) is 4.95. The lowest BCUT2D eigenvalue weighted by Gasteiger charge is -2.27. The predicted octanol–water partition coefficient (Wildman–Crippen LogP) is 5.98. The van der Waals surface area contributed by atoms with E-state index >= 15 is 0 Å². The normalized spacial score (nSPS) is 11.5. The van der Waals surface area contributed by atoms with Crippen LogP contribution >= 0.6 is 0 Å². The van der Waals surface area contributed by atoms with E-state index in [4.69, 9.17) is 0 Å². The summed E-state index contributed by atoms with van der Waals surface area (Å²) in [4.78, 5) is 2.42. The standard InChI is InChI=1S/C54H42B5N3/c55-50-49(51(56)53(58)54(59)52(50)57)33-22-25-38(26-23-33)60(40-27-29-47-44(32-40)42-19-8-10-21-46(42)61(47)36-13-3-1-4-14-36)39-17-11-12-34(30-39)35-24-28-43-41-18-7-9-20-45(41)62(48(43)31-35)37-15-5-2-6-16-37/h1-32H,55-59H2. The summed E-state index contributed by atoms with van der Waals surface area (Å²) < 4.78 is 4.78. The van der Waals surface area contributed by atoms with Crippen molar-refractivity contribution in [2.75, 3.05) is 4.90 Å². The van der Waals surface area contributed by atoms with Crippen molar-refractivity contribution in [1.82, 2.24) is 9.13 Å². The molecule has 0 spiro atoms. The molecule has 9 aromatic carbocycles. The van der Waals surface area contributed by atoms with Crippen molar-refractivity contribution in [3.05, 3.63) is 194 Å². The number of benzene rings is 9. The van der Waals surface area contributed by atoms with E-state index in [2.05, 4.69) is 247 Å². The summed E-state index contributed by atoms with van der Waals surface area (Å²) in [6.07, 6.45) is 0. The highest BCUT2D eigenvalue weighted by molar-refractivity contribution is 6.68. The fourth-order valence-electron chi connectivity index (χ4n) is 9.94. The molecule has 11 rings (SSSR count). The van der Waals surface area contributed by atoms with Gasteiger partial charge in [-0.3, -0.25) is 0 Å². The van der Waals surface area contributed by atoms with Crippen LogP contribution in [0.5, 0.6) is 0 Å². The highest BCUT2D eigenvalue weighted by Gasteiger charge is 2.20. The summed E-state index contributed by atoms with van der Waals surface area (Å²) >= 11 is 0. The Morgan fingerprint density at radius 1 is 0.290 bits per heavy atom. The molecule has 0 saturated carbocycles. The van der Waals surface area contributed by atoms with E-state index < -0.39 is 0 Å². The van der Waals surface area contributed by atoms with Gasteiger partial charge in [-0.2, -0.15) is 0 Å². The first-order valence-corrected chi connectivity index (χ1v) is 21.6. The van der Waals surface area contributed by atoms with E-state index in [1.54, 1.807) is 0 Å². The summed E-state index contributed by atoms with van der Waals surface area (Å²) in [5.41, 5.74) is 22.1. The van der Waals surface area contributed by atoms with Crippen LogP contribution in [0.1, 0.15) is 0 Å². The fourth-order valence-corrected chi connectivity index (χ4v) is 9.94. The molecule has 0 bridgehead atoms. The van der Waals surface area contributed by atoms with Crippen LogP contribution < -0.4 is 32.2 Å². The predicted molar refractivity (Wildman–Crippen MR) is 282 cm³/mol. The molecule has 0 fully saturated rings. The Balaban J connectivity index is 1.09. The number of nitrogens with zero attached hydrogens (tertiary/aromatic N) is 3. The number of fused-ring (bicyclic) bond motifs is 6. The molecular formula is C54H42B5N3. The number of hydrogen-bond acceptors (Lipinski definition) is 1. The zero-order valence-electron chi connectivity index (χ0n) is 35.8. The second kappa shape index (κ2) is 15.0. The molecule has 0 aliphatic carbocycles. The van der Waals surface area contributed by atoms with Gasteiger partial charge in [-0.05, 0) is 107 Å². The fraction of sp³-hybridized carbons (Fsp3) is 0. The largest absolute Gasteiger partial charge is 0.310 e. The number of para-hydroxylation sites is 4. The minimum Gasteiger partial charge on any atom is -0.310 e. The Kier molecular flexibility index (Phi) is 9.12. The molecule has 3 nitrogen and oxygen atoms in total. The molecule has 62 heavy (non-hydrogen) atoms. The maximum atomic E-state index is 2.42. The van der Waals surface area contributed by atoms with Gasteiger partial charge >= 0.3 is 0 Å². The van der Waals surface area contributed by atoms with E-state index in [1.165, 1.54) is 87.6 Å². The number of anilines is 3. The lowest BCUT2D eigenvalue weighted by atomic mass is 9.60. The van der Waals surface area contributed by atoms with Crippen LogP contribution in [0.4, 0.5) is 17.1 Å². The second-order valence-electron chi connectivity index (χ2n) is 16.7. The monoisotopic (exact) mass is 787 g/mol. The van der Waals surface area contributed by atoms with Gasteiger partial charge < -0.3 is 14.0 Å². The molecule has 0 radical (unpaired) electrons. The van der Waals surface area contributed by atoms with Gasteiger partial charge in [0.15, 0.2) is 0 Å². The van der Waals surface area contributed by atoms with Crippen molar-refractivity contribution in [3.8, 4) is 33.6 Å². The third-order valence-corrected chi connectivity index (χ3v) is 13.5. The molecule has 0 atom stereocenters. The van der Waals surface area contributed by atoms with Crippen LogP contribution in [0.3, 0.4) is 0 Å². The lowest BCUT2D eigenvalue weighted by Crippen LogP contribution is -2.55. The van der Waals surface area contributed by atoms with Gasteiger partial charge in [0, 0.05) is 50.0 Å². The van der Waals surface area contributed by atoms with Crippen LogP contribution in [0.25, 0.3) is 77.2 Å². The summed E-state index contributed by atoms with van der Waals surface area (Å²) in [6, 6.07) is 71.1. The van der Waals surface area contributed by atoms with E-state index in [9.17, 15) is 0 Å². The molecule has 288 valence electrons. The third-order valence-electron chi connectivity index (χ3n) is 13.5. The molecule has 2 aromatic heterocycles. The molecule has 8 heteroatoms. The van der Waals surface area contributed by atoms with E-state index in [1.807, 2.05) is 0 Å². The Hall–Kier alpha value is -7.30. The van der Waals surface area contributed by atoms with Crippen molar-refractivity contribution in [2.45, 2.75) is 0 Å². The second-order valence-corrected chi connectivity index (χ2v) is 16.7. The Labute approximate surface area is 367 Å². The van der Waals surface area contributed by atoms with Crippen molar-refractivity contribution in [1.29, 1.82) is 0 Å². The van der Waals surface area contributed by atoms with Gasteiger partial charge in [0.05, 0.1) is 22.1 Å². The summed E-state index contributed by atoms with van der Waals surface area (Å²) in [5.74, 6) is 0. The first-order valence-electron chi connectivity index (χ1n) is 21.6. The molecule has 0 saturated heterocycles. The molecule has 0 amide bonds. The average Bonchev–Trinajstić information content (AvgIpc) is 3.84. The zero-order valence-corrected chi connectivity index (χ0v) is 35.8. The summed E-state index contributed by atoms with van der Waals surface area (Å²) in [7, 11) is 11.3. The molecule has 0 unspecified atom stereocenters. The molecular weight excluding hydrogens is 745 g/mol. The molecule has 2 heterocycles. The minimum atomic E-state index is 1.10. The SMILES string of the molecule is Bc1c(B)c(B)c(-c2ccc(N(c3cccc(-c4ccc5c6ccccc6n(-c6ccccc6)c5c4)c3)c3ccc4c(c3)c3ccccc3n4-c3ccccc3)cc2)c(B)c1B. The van der Waals surface area contributed by atoms with Crippen LogP contribution in [0.15, 0.2) is 194 Å². The van der Waals surface area contributed by atoms with Gasteiger partial charge in [0.25, 0.3) is 0 Å². The molecule has 0 aliphatic heterocycles. The van der Waals surface area contributed by atoms with Gasteiger partial charge in [0.1, 0.15) is 39.2 Å². The first-order chi connectivity index (χ1) is 30.4. The molecule has 11 aromatic rings. The summed E-state index contributed by atoms with van der Waals surface area (Å²) in [6.45, 7) is 0. The Morgan fingerprint density at radius 2 is 0.758 bits per heavy atom. The molecule has 0 aliphatic rings. The van der Waals surface area contributed by atoms with Gasteiger partial charge in [0.2, 0.25) is 0 Å². The van der Waals surface area contributed by atoms with Gasteiger partial charge in [-0.1, -0.05) is 120 Å². The van der Waals surface area contributed by atoms with Crippen LogP contribution in [0, 0.1) is 0 Å². The number of rotatable bonds is 7. The highest BCUT2D eigenvalue weighted by atomic mass is 15.1. The van der Waals surface area contributed by atoms with Crippen LogP contribution in [0.2, 0.25) is 0 Å². The van der Waals surface area contributed by atoms with Crippen molar-refractivity contribution < 1.29 is 0 Å². The third kappa shape index (κ3) is 6.04. The zero-order chi connectivity index (χ0) is 42.1. The maximum Gasteiger partial charge on any atom is 0.139 e. The quantitative estimate of drug-likeness (QED) is 0.182. The maximum absolute atomic E-state index is 2.42. The van der Waals surface area contributed by atoms with Crippen LogP contribution in [-0.2, 0) is 0 Å². The number of aromatic nitrogens is 2. The minimum absolute atomic E-state index is 1.10. The average molecular weight is 787 g/mol. The highest BCUT2D eigenvalue weighted by Crippen LogP contribution is 2.42. The Morgan fingerprint density at radius 3 is 1.40 bits per heavy atom. The van der Waals surface area contributed by atoms with Crippen molar-refractivity contribution >= 4 is 127 Å². The van der Waals surface area contributed by atoms with Gasteiger partial charge in [-0.25, -0.2) is 0 Å². The van der Waals surface area contributed by atoms with Crippen LogP contribution in [-0.4, -0.2) is 48.4 Å². The number of hydrogen-bond donors (Lipinski definition) is 0. The lowest BCUT2D eigenvalue weighted by molar-refractivity contribution is 1.18. The molecule has 0 N–H and O–H groups in total. The van der Waals surface area contributed by atoms with E-state index in [0.29, 0.717) is 0 Å². The topological polar surface area (TPSA) is 13.1 Å². The Bertz CT molecular complexity index is 3490. The van der Waals surface area contributed by atoms with Gasteiger partial charge in [-0.15, -0.1) is 16.4 Å². The van der Waals surface area contributed by atoms with Crippen molar-refractivity contribution in [2.24, 2.45) is 0 Å². The smallest absolute Gasteiger partial charge is 0.139 e. The first kappa shape index (κ1) is 37.7. The van der Waals surface area contributed by atoms with E-state index in [-0.39, 0.29) is 0 Å².